The number of carbonyl (C=O) groups is 1. The summed E-state index contributed by atoms with van der Waals surface area (Å²) in [7, 11) is 0. The van der Waals surface area contributed by atoms with E-state index in [2.05, 4.69) is 75.9 Å². The second-order valence-corrected chi connectivity index (χ2v) is 11.6. The first-order valence-electron chi connectivity index (χ1n) is 15.0. The van der Waals surface area contributed by atoms with Crippen LogP contribution in [0.1, 0.15) is 77.0 Å². The van der Waals surface area contributed by atoms with Crippen LogP contribution in [0.5, 0.6) is 0 Å². The van der Waals surface area contributed by atoms with Gasteiger partial charge in [-0.1, -0.05) is 110 Å². The van der Waals surface area contributed by atoms with Crippen LogP contribution in [0.4, 0.5) is 0 Å². The summed E-state index contributed by atoms with van der Waals surface area (Å²) >= 11 is 0. The van der Waals surface area contributed by atoms with Crippen LogP contribution < -0.4 is 0 Å². The van der Waals surface area contributed by atoms with E-state index >= 15 is 0 Å². The Hall–Kier alpha value is -3.73. The molecule has 4 heteroatoms. The van der Waals surface area contributed by atoms with Crippen molar-refractivity contribution in [3.05, 3.63) is 142 Å². The number of carbonyl (C=O) groups excluding carboxylic acids is 1. The molecule has 0 aromatic heterocycles. The Bertz CT molecular complexity index is 1430. The third kappa shape index (κ3) is 7.56. The number of ether oxygens (including phenoxy) is 1. The molecular weight excluding hydrogens is 518 g/mol. The average Bonchev–Trinajstić information content (AvgIpc) is 2.99. The number of hydrogen-bond acceptors (Lipinski definition) is 4. The van der Waals surface area contributed by atoms with Crippen molar-refractivity contribution < 1.29 is 14.6 Å². The fourth-order valence-corrected chi connectivity index (χ4v) is 5.91. The number of aryl methyl sites for hydroxylation is 4. The smallest absolute Gasteiger partial charge is 0.312 e. The van der Waals surface area contributed by atoms with E-state index < -0.39 is 18.1 Å². The summed E-state index contributed by atoms with van der Waals surface area (Å²) < 4.78 is 6.42. The summed E-state index contributed by atoms with van der Waals surface area (Å²) in [6.07, 6.45) is -0.985. The lowest BCUT2D eigenvalue weighted by molar-refractivity contribution is -0.163. The van der Waals surface area contributed by atoms with Gasteiger partial charge in [-0.25, -0.2) is 0 Å². The van der Waals surface area contributed by atoms with Crippen LogP contribution in [0, 0.1) is 33.6 Å². The zero-order valence-corrected chi connectivity index (χ0v) is 25.9. The van der Waals surface area contributed by atoms with E-state index in [4.69, 9.17) is 4.74 Å². The van der Waals surface area contributed by atoms with Crippen molar-refractivity contribution in [3.8, 4) is 0 Å². The highest BCUT2D eigenvalue weighted by atomic mass is 16.5. The van der Waals surface area contributed by atoms with Crippen molar-refractivity contribution in [2.45, 2.75) is 79.3 Å². The van der Waals surface area contributed by atoms with Gasteiger partial charge in [0.25, 0.3) is 0 Å². The monoisotopic (exact) mass is 563 g/mol. The van der Waals surface area contributed by atoms with E-state index in [-0.39, 0.29) is 12.0 Å². The normalized spacial score (nSPS) is 14.3. The van der Waals surface area contributed by atoms with Crippen LogP contribution in [0.2, 0.25) is 0 Å². The molecule has 0 fully saturated rings. The first-order chi connectivity index (χ1) is 20.2. The van der Waals surface area contributed by atoms with Crippen LogP contribution in [0.25, 0.3) is 0 Å². The number of hydrogen-bond donors (Lipinski definition) is 1. The molecule has 0 bridgehead atoms. The molecule has 4 aromatic carbocycles. The Morgan fingerprint density at radius 2 is 1.31 bits per heavy atom. The predicted octanol–water partition coefficient (Wildman–Crippen LogP) is 8.36. The molecule has 1 N–H and O–H groups in total. The number of benzene rings is 4. The molecule has 0 aliphatic rings. The van der Waals surface area contributed by atoms with Gasteiger partial charge < -0.3 is 9.84 Å². The van der Waals surface area contributed by atoms with Crippen molar-refractivity contribution in [2.24, 2.45) is 5.92 Å². The lowest BCUT2D eigenvalue weighted by atomic mass is 9.93. The first kappa shape index (κ1) is 31.2. The SMILES string of the molecule is CC[C@@H](C(=O)O[C@H](c1ccccc1)[C@H](C)N(Cc1ccccc1C)Cc1c(C)cc(C)cc1C)[C@@H](O)c1ccccc1. The van der Waals surface area contributed by atoms with Crippen LogP contribution >= 0.6 is 0 Å². The number of rotatable bonds is 12. The van der Waals surface area contributed by atoms with Crippen molar-refractivity contribution >= 4 is 5.97 Å². The topological polar surface area (TPSA) is 49.8 Å². The van der Waals surface area contributed by atoms with Crippen molar-refractivity contribution in [3.63, 3.8) is 0 Å². The number of esters is 1. The summed E-state index contributed by atoms with van der Waals surface area (Å²) in [5, 5.41) is 11.2. The molecule has 0 aliphatic heterocycles. The lowest BCUT2D eigenvalue weighted by Gasteiger charge is -2.36. The molecule has 4 rings (SSSR count). The minimum Gasteiger partial charge on any atom is -0.456 e. The third-order valence-corrected chi connectivity index (χ3v) is 8.49. The molecular formula is C38H45NO3. The molecule has 0 unspecified atom stereocenters. The largest absolute Gasteiger partial charge is 0.456 e. The molecule has 0 spiro atoms. The van der Waals surface area contributed by atoms with Gasteiger partial charge in [-0.15, -0.1) is 0 Å². The van der Waals surface area contributed by atoms with Gasteiger partial charge in [0.2, 0.25) is 0 Å². The second-order valence-electron chi connectivity index (χ2n) is 11.6. The molecule has 0 saturated carbocycles. The van der Waals surface area contributed by atoms with Crippen LogP contribution in [-0.4, -0.2) is 22.0 Å². The zero-order valence-electron chi connectivity index (χ0n) is 25.9. The van der Waals surface area contributed by atoms with E-state index in [9.17, 15) is 9.90 Å². The fourth-order valence-electron chi connectivity index (χ4n) is 5.91. The molecule has 0 amide bonds. The molecule has 4 aromatic rings. The van der Waals surface area contributed by atoms with Crippen molar-refractivity contribution in [2.75, 3.05) is 0 Å². The maximum Gasteiger partial charge on any atom is 0.312 e. The quantitative estimate of drug-likeness (QED) is 0.176. The van der Waals surface area contributed by atoms with Gasteiger partial charge in [-0.05, 0) is 80.0 Å². The second kappa shape index (κ2) is 14.4. The van der Waals surface area contributed by atoms with Crippen LogP contribution in [-0.2, 0) is 22.6 Å². The minimum absolute atomic E-state index is 0.151. The standard InChI is InChI=1S/C38H45NO3/c1-7-34(36(40)31-17-10-8-11-18-31)38(41)42-37(32-19-12-9-13-20-32)30(6)39(24-33-21-15-14-16-27(33)3)25-35-28(4)22-26(2)23-29(35)5/h8-23,30,34,36-37,40H,7,24-25H2,1-6H3/t30-,34+,36-,37-/m0/s1. The molecule has 0 saturated heterocycles. The van der Waals surface area contributed by atoms with Gasteiger partial charge in [0.15, 0.2) is 0 Å². The summed E-state index contributed by atoms with van der Waals surface area (Å²) in [5.74, 6) is -1.05. The van der Waals surface area contributed by atoms with Gasteiger partial charge in [0.05, 0.1) is 12.0 Å². The Balaban J connectivity index is 1.71. The van der Waals surface area contributed by atoms with Gasteiger partial charge in [0.1, 0.15) is 6.10 Å². The van der Waals surface area contributed by atoms with E-state index in [1.165, 1.54) is 33.4 Å². The maximum absolute atomic E-state index is 13.8. The minimum atomic E-state index is -0.934. The van der Waals surface area contributed by atoms with E-state index in [1.54, 1.807) is 0 Å². The highest BCUT2D eigenvalue weighted by Crippen LogP contribution is 2.33. The predicted molar refractivity (Wildman–Crippen MR) is 171 cm³/mol. The number of aliphatic hydroxyl groups excluding tert-OH is 1. The molecule has 0 radical (unpaired) electrons. The summed E-state index contributed by atoms with van der Waals surface area (Å²) in [6, 6.07) is 32.2. The third-order valence-electron chi connectivity index (χ3n) is 8.49. The molecule has 42 heavy (non-hydrogen) atoms. The molecule has 0 heterocycles. The maximum atomic E-state index is 13.8. The van der Waals surface area contributed by atoms with Gasteiger partial charge in [0, 0.05) is 19.1 Å². The van der Waals surface area contributed by atoms with Crippen LogP contribution in [0.3, 0.4) is 0 Å². The fraction of sp³-hybridized carbons (Fsp3) is 0.342. The van der Waals surface area contributed by atoms with Gasteiger partial charge in [-0.3, -0.25) is 9.69 Å². The first-order valence-corrected chi connectivity index (χ1v) is 15.0. The summed E-state index contributed by atoms with van der Waals surface area (Å²) in [5.41, 5.74) is 9.22. The molecule has 4 atom stereocenters. The Morgan fingerprint density at radius 1 is 0.762 bits per heavy atom. The Morgan fingerprint density at radius 3 is 1.88 bits per heavy atom. The van der Waals surface area contributed by atoms with Gasteiger partial charge >= 0.3 is 5.97 Å². The molecule has 220 valence electrons. The highest BCUT2D eigenvalue weighted by molar-refractivity contribution is 5.73. The zero-order chi connectivity index (χ0) is 30.2. The molecule has 4 nitrogen and oxygen atoms in total. The van der Waals surface area contributed by atoms with Gasteiger partial charge in [-0.2, -0.15) is 0 Å². The lowest BCUT2D eigenvalue weighted by Crippen LogP contribution is -2.40. The Kier molecular flexibility index (Phi) is 10.7. The highest BCUT2D eigenvalue weighted by Gasteiger charge is 2.34. The number of nitrogens with zero attached hydrogens (tertiary/aromatic N) is 1. The van der Waals surface area contributed by atoms with Crippen molar-refractivity contribution in [1.82, 2.24) is 4.90 Å². The van der Waals surface area contributed by atoms with E-state index in [1.807, 2.05) is 67.6 Å². The van der Waals surface area contributed by atoms with E-state index in [0.717, 1.165) is 17.7 Å². The summed E-state index contributed by atoms with van der Waals surface area (Å²) in [4.78, 5) is 16.2. The number of aliphatic hydroxyl groups is 1. The van der Waals surface area contributed by atoms with Crippen LogP contribution in [0.15, 0.2) is 97.1 Å². The molecule has 0 aliphatic carbocycles. The Labute approximate surface area is 252 Å². The summed E-state index contributed by atoms with van der Waals surface area (Å²) in [6.45, 7) is 14.1. The van der Waals surface area contributed by atoms with E-state index in [0.29, 0.717) is 13.0 Å². The van der Waals surface area contributed by atoms with Crippen molar-refractivity contribution in [1.29, 1.82) is 0 Å². The average molecular weight is 564 g/mol.